The predicted octanol–water partition coefficient (Wildman–Crippen LogP) is 7.65. The highest BCUT2D eigenvalue weighted by Crippen LogP contribution is 2.47. The topological polar surface area (TPSA) is 124 Å². The van der Waals surface area contributed by atoms with Crippen LogP contribution < -0.4 is 10.5 Å². The molecule has 0 fully saturated rings. The number of nitrogens with two attached hydrogens (primary N) is 1. The van der Waals surface area contributed by atoms with E-state index in [1.54, 1.807) is 0 Å². The molecule has 0 aliphatic heterocycles. The summed E-state index contributed by atoms with van der Waals surface area (Å²) >= 11 is 5.48. The van der Waals surface area contributed by atoms with E-state index in [9.17, 15) is 18.0 Å². The standard InChI is InChI=1S/C23H27N3O.C8H5ClF3NO3/c1-14-25-21(26-27-14)23(5,13-22(2,3)4)19-11-10-17-16-9-7-6-8-15(16)12-18(17)20(19)24;9-4-2-13-5(7(14)15)1-6(4)16-3-8(10,11)12/h6-11H,12-13,24H2,1-5H3;1-2H,3H2,(H,14,15). The van der Waals surface area contributed by atoms with Gasteiger partial charge in [0.05, 0.1) is 11.6 Å². The zero-order valence-corrected chi connectivity index (χ0v) is 25.1. The normalized spacial score (nSPS) is 13.8. The molecule has 4 aromatic rings. The summed E-state index contributed by atoms with van der Waals surface area (Å²) in [5.41, 5.74) is 13.0. The average molecular weight is 617 g/mol. The largest absolute Gasteiger partial charge is 0.482 e. The number of carboxylic acid groups (broad SMARTS) is 1. The Kier molecular flexibility index (Phi) is 8.78. The van der Waals surface area contributed by atoms with Crippen molar-refractivity contribution < 1.29 is 32.3 Å². The molecule has 0 radical (unpaired) electrons. The van der Waals surface area contributed by atoms with Crippen molar-refractivity contribution in [1.29, 1.82) is 0 Å². The number of hydrogen-bond acceptors (Lipinski definition) is 7. The molecule has 0 saturated heterocycles. The first-order valence-electron chi connectivity index (χ1n) is 13.4. The van der Waals surface area contributed by atoms with Gasteiger partial charge in [0.2, 0.25) is 5.89 Å². The summed E-state index contributed by atoms with van der Waals surface area (Å²) in [4.78, 5) is 18.5. The number of ether oxygens (including phenoxy) is 1. The van der Waals surface area contributed by atoms with Crippen LogP contribution >= 0.6 is 11.6 Å². The Bertz CT molecular complexity index is 1650. The lowest BCUT2D eigenvalue weighted by Crippen LogP contribution is -2.32. The Hall–Kier alpha value is -4.12. The number of halogens is 4. The van der Waals surface area contributed by atoms with Gasteiger partial charge in [-0.25, -0.2) is 9.78 Å². The second-order valence-corrected chi connectivity index (χ2v) is 12.2. The van der Waals surface area contributed by atoms with Crippen LogP contribution in [0.15, 0.2) is 53.2 Å². The number of fused-ring (bicyclic) bond motifs is 3. The van der Waals surface area contributed by atoms with Crippen molar-refractivity contribution in [2.24, 2.45) is 5.41 Å². The Balaban J connectivity index is 0.000000227. The van der Waals surface area contributed by atoms with Crippen molar-refractivity contribution in [3.05, 3.63) is 87.8 Å². The fourth-order valence-electron chi connectivity index (χ4n) is 5.40. The second-order valence-electron chi connectivity index (χ2n) is 11.8. The molecule has 228 valence electrons. The van der Waals surface area contributed by atoms with Gasteiger partial charge in [-0.15, -0.1) is 0 Å². The Morgan fingerprint density at radius 3 is 2.42 bits per heavy atom. The van der Waals surface area contributed by atoms with Crippen molar-refractivity contribution in [3.63, 3.8) is 0 Å². The molecule has 12 heteroatoms. The third-order valence-electron chi connectivity index (χ3n) is 6.96. The first-order chi connectivity index (χ1) is 20.0. The minimum absolute atomic E-state index is 0.0811. The Labute approximate surface area is 252 Å². The smallest absolute Gasteiger partial charge is 0.422 e. The molecule has 0 amide bonds. The van der Waals surface area contributed by atoms with Crippen LogP contribution in [0.1, 0.15) is 73.0 Å². The molecule has 5 rings (SSSR count). The molecule has 2 aromatic carbocycles. The molecule has 1 unspecified atom stereocenters. The molecular formula is C31H32ClF3N4O4. The maximum Gasteiger partial charge on any atom is 0.422 e. The van der Waals surface area contributed by atoms with Crippen molar-refractivity contribution in [2.75, 3.05) is 12.3 Å². The van der Waals surface area contributed by atoms with Gasteiger partial charge in [-0.1, -0.05) is 73.9 Å². The van der Waals surface area contributed by atoms with Gasteiger partial charge in [-0.05, 0) is 46.6 Å². The second kappa shape index (κ2) is 11.9. The third-order valence-corrected chi connectivity index (χ3v) is 7.25. The van der Waals surface area contributed by atoms with Gasteiger partial charge < -0.3 is 20.1 Å². The van der Waals surface area contributed by atoms with Gasteiger partial charge in [-0.3, -0.25) is 0 Å². The van der Waals surface area contributed by atoms with Crippen LogP contribution in [0.25, 0.3) is 11.1 Å². The van der Waals surface area contributed by atoms with E-state index in [0.29, 0.717) is 11.7 Å². The molecule has 43 heavy (non-hydrogen) atoms. The molecular weight excluding hydrogens is 585 g/mol. The molecule has 0 saturated carbocycles. The number of pyridine rings is 1. The minimum Gasteiger partial charge on any atom is -0.482 e. The molecule has 3 N–H and O–H groups in total. The SMILES string of the molecule is Cc1nc(C(C)(CC(C)(C)C)c2ccc3c(c2N)Cc2ccccc2-3)no1.O=C(O)c1cc(OCC(F)(F)F)c(Cl)cn1. The fraction of sp³-hybridized carbons (Fsp3) is 0.355. The summed E-state index contributed by atoms with van der Waals surface area (Å²) in [7, 11) is 0. The summed E-state index contributed by atoms with van der Waals surface area (Å²) in [6.07, 6.45) is -1.86. The molecule has 0 bridgehead atoms. The van der Waals surface area contributed by atoms with E-state index in [0.717, 1.165) is 36.4 Å². The molecule has 2 heterocycles. The summed E-state index contributed by atoms with van der Waals surface area (Å²) in [6.45, 7) is 9.17. The molecule has 1 atom stereocenters. The number of nitrogen functional groups attached to an aromatic ring is 1. The predicted molar refractivity (Wildman–Crippen MR) is 156 cm³/mol. The van der Waals surface area contributed by atoms with Crippen molar-refractivity contribution in [2.45, 2.75) is 59.1 Å². The van der Waals surface area contributed by atoms with Crippen LogP contribution in [0.3, 0.4) is 0 Å². The summed E-state index contributed by atoms with van der Waals surface area (Å²) in [5.74, 6) is -0.464. The van der Waals surface area contributed by atoms with E-state index >= 15 is 0 Å². The number of rotatable bonds is 6. The highest BCUT2D eigenvalue weighted by molar-refractivity contribution is 6.32. The van der Waals surface area contributed by atoms with E-state index < -0.39 is 29.9 Å². The number of benzene rings is 2. The van der Waals surface area contributed by atoms with Gasteiger partial charge in [-0.2, -0.15) is 18.2 Å². The number of aromatic nitrogens is 3. The van der Waals surface area contributed by atoms with E-state index in [4.69, 9.17) is 27.0 Å². The Morgan fingerprint density at radius 1 is 1.12 bits per heavy atom. The lowest BCUT2D eigenvalue weighted by Gasteiger charge is -2.35. The van der Waals surface area contributed by atoms with Crippen molar-refractivity contribution in [3.8, 4) is 16.9 Å². The molecule has 2 aromatic heterocycles. The highest BCUT2D eigenvalue weighted by Gasteiger charge is 2.40. The Morgan fingerprint density at radius 2 is 1.81 bits per heavy atom. The fourth-order valence-corrected chi connectivity index (χ4v) is 5.56. The number of hydrogen-bond donors (Lipinski definition) is 2. The number of anilines is 1. The third kappa shape index (κ3) is 7.27. The average Bonchev–Trinajstić information content (AvgIpc) is 3.52. The maximum atomic E-state index is 11.8. The summed E-state index contributed by atoms with van der Waals surface area (Å²) < 4.78 is 45.2. The van der Waals surface area contributed by atoms with Crippen LogP contribution in [0, 0.1) is 12.3 Å². The number of carbonyl (C=O) groups is 1. The van der Waals surface area contributed by atoms with E-state index in [-0.39, 0.29) is 16.2 Å². The van der Waals surface area contributed by atoms with E-state index in [1.807, 2.05) is 6.92 Å². The molecule has 1 aliphatic carbocycles. The number of carboxylic acids is 1. The van der Waals surface area contributed by atoms with Crippen LogP contribution in [0.4, 0.5) is 18.9 Å². The minimum atomic E-state index is -4.52. The monoisotopic (exact) mass is 616 g/mol. The molecule has 1 aliphatic rings. The van der Waals surface area contributed by atoms with Gasteiger partial charge in [0, 0.05) is 25.1 Å². The molecule has 8 nitrogen and oxygen atoms in total. The molecule has 0 spiro atoms. The lowest BCUT2D eigenvalue weighted by atomic mass is 9.69. The van der Waals surface area contributed by atoms with E-state index in [1.165, 1.54) is 22.3 Å². The van der Waals surface area contributed by atoms with Gasteiger partial charge >= 0.3 is 12.1 Å². The van der Waals surface area contributed by atoms with Crippen molar-refractivity contribution in [1.82, 2.24) is 15.1 Å². The van der Waals surface area contributed by atoms with Crippen LogP contribution in [0.2, 0.25) is 5.02 Å². The zero-order valence-electron chi connectivity index (χ0n) is 24.3. The highest BCUT2D eigenvalue weighted by atomic mass is 35.5. The first kappa shape index (κ1) is 31.8. The summed E-state index contributed by atoms with van der Waals surface area (Å²) in [6, 6.07) is 13.7. The van der Waals surface area contributed by atoms with Gasteiger partial charge in [0.1, 0.15) is 10.8 Å². The number of alkyl halides is 3. The first-order valence-corrected chi connectivity index (χ1v) is 13.8. The number of nitrogens with zero attached hydrogens (tertiary/aromatic N) is 3. The zero-order chi connectivity index (χ0) is 31.7. The quantitative estimate of drug-likeness (QED) is 0.186. The van der Waals surface area contributed by atoms with Crippen LogP contribution in [-0.2, 0) is 11.8 Å². The van der Waals surface area contributed by atoms with Gasteiger partial charge in [0.25, 0.3) is 0 Å². The number of aromatic carboxylic acids is 1. The van der Waals surface area contributed by atoms with Gasteiger partial charge in [0.15, 0.2) is 18.1 Å². The van der Waals surface area contributed by atoms with Crippen LogP contribution in [0.5, 0.6) is 5.75 Å². The van der Waals surface area contributed by atoms with Crippen LogP contribution in [-0.4, -0.2) is 39.0 Å². The summed E-state index contributed by atoms with van der Waals surface area (Å²) in [5, 5.41) is 12.6. The number of aryl methyl sites for hydroxylation is 1. The maximum absolute atomic E-state index is 11.8. The lowest BCUT2D eigenvalue weighted by molar-refractivity contribution is -0.153. The van der Waals surface area contributed by atoms with Crippen molar-refractivity contribution >= 4 is 23.3 Å². The van der Waals surface area contributed by atoms with E-state index in [2.05, 4.69) is 84.0 Å².